The predicted molar refractivity (Wildman–Crippen MR) is 53.5 cm³/mol. The second-order valence-electron chi connectivity index (χ2n) is 3.26. The molecule has 6 nitrogen and oxygen atoms in total. The third-order valence-corrected chi connectivity index (χ3v) is 3.54. The summed E-state index contributed by atoms with van der Waals surface area (Å²) in [4.78, 5) is 10.3. The third kappa shape index (κ3) is 4.76. The predicted octanol–water partition coefficient (Wildman–Crippen LogP) is 0.0249. The Hall–Kier alpha value is -1.13. The summed E-state index contributed by atoms with van der Waals surface area (Å²) in [6.45, 7) is 3.17. The molecule has 0 spiro atoms. The molecule has 0 heterocycles. The zero-order chi connectivity index (χ0) is 12.1. The van der Waals surface area contributed by atoms with Gasteiger partial charge in [0.05, 0.1) is 12.5 Å². The van der Waals surface area contributed by atoms with Crippen LogP contribution in [0.1, 0.15) is 20.3 Å². The number of sulfonamides is 1. The van der Waals surface area contributed by atoms with Gasteiger partial charge in [-0.15, -0.1) is 0 Å². The molecule has 0 aromatic carbocycles. The Balaban J connectivity index is 4.68. The summed E-state index contributed by atoms with van der Waals surface area (Å²) in [5, 5.41) is 16.8. The van der Waals surface area contributed by atoms with Gasteiger partial charge in [-0.25, -0.2) is 8.42 Å². The number of aliphatic carboxylic acids is 1. The normalized spacial score (nSPS) is 11.7. The van der Waals surface area contributed by atoms with E-state index in [0.29, 0.717) is 0 Å². The molecule has 15 heavy (non-hydrogen) atoms. The molecule has 0 amide bonds. The molecular weight excluding hydrogens is 220 g/mol. The number of carboxylic acids is 1. The Morgan fingerprint density at radius 2 is 2.07 bits per heavy atom. The zero-order valence-electron chi connectivity index (χ0n) is 8.67. The summed E-state index contributed by atoms with van der Waals surface area (Å²) in [6.07, 6.45) is -0.261. The average Bonchev–Trinajstić information content (AvgIpc) is 2.01. The van der Waals surface area contributed by atoms with Gasteiger partial charge in [0.1, 0.15) is 0 Å². The molecule has 0 aromatic rings. The molecule has 0 aliphatic carbocycles. The van der Waals surface area contributed by atoms with Crippen LogP contribution in [-0.2, 0) is 14.8 Å². The van der Waals surface area contributed by atoms with Crippen LogP contribution < -0.4 is 0 Å². The lowest BCUT2D eigenvalue weighted by Gasteiger charge is -2.23. The van der Waals surface area contributed by atoms with E-state index in [4.69, 9.17) is 10.4 Å². The van der Waals surface area contributed by atoms with E-state index in [0.717, 1.165) is 4.31 Å². The number of hydrogen-bond acceptors (Lipinski definition) is 4. The molecule has 7 heteroatoms. The molecule has 0 bridgehead atoms. The van der Waals surface area contributed by atoms with Crippen molar-refractivity contribution in [1.82, 2.24) is 4.31 Å². The number of carbonyl (C=O) groups is 1. The lowest BCUT2D eigenvalue weighted by molar-refractivity contribution is -0.137. The largest absolute Gasteiger partial charge is 0.481 e. The van der Waals surface area contributed by atoms with E-state index in [-0.39, 0.29) is 19.0 Å². The highest BCUT2D eigenvalue weighted by Crippen LogP contribution is 2.08. The fraction of sp³-hybridized carbons (Fsp3) is 0.750. The highest BCUT2D eigenvalue weighted by molar-refractivity contribution is 7.89. The fourth-order valence-corrected chi connectivity index (χ4v) is 2.43. The van der Waals surface area contributed by atoms with Crippen molar-refractivity contribution in [2.75, 3.05) is 12.3 Å². The first-order valence-electron chi connectivity index (χ1n) is 4.39. The van der Waals surface area contributed by atoms with Gasteiger partial charge in [-0.3, -0.25) is 4.79 Å². The zero-order valence-corrected chi connectivity index (χ0v) is 9.49. The number of nitriles is 1. The van der Waals surface area contributed by atoms with E-state index < -0.39 is 21.7 Å². The van der Waals surface area contributed by atoms with Crippen molar-refractivity contribution in [2.45, 2.75) is 26.3 Å². The Morgan fingerprint density at radius 3 is 2.40 bits per heavy atom. The van der Waals surface area contributed by atoms with Crippen molar-refractivity contribution in [3.8, 4) is 6.07 Å². The number of hydrogen-bond donors (Lipinski definition) is 1. The molecule has 0 atom stereocenters. The van der Waals surface area contributed by atoms with Gasteiger partial charge in [0.25, 0.3) is 0 Å². The fourth-order valence-electron chi connectivity index (χ4n) is 1.09. The molecule has 86 valence electrons. The molecule has 0 unspecified atom stereocenters. The van der Waals surface area contributed by atoms with Crippen LogP contribution in [0.15, 0.2) is 0 Å². The first kappa shape index (κ1) is 13.9. The van der Waals surface area contributed by atoms with Crippen LogP contribution in [0, 0.1) is 11.3 Å². The topological polar surface area (TPSA) is 98.5 Å². The lowest BCUT2D eigenvalue weighted by atomic mass is 10.3. The van der Waals surface area contributed by atoms with Crippen molar-refractivity contribution in [1.29, 1.82) is 5.26 Å². The van der Waals surface area contributed by atoms with E-state index in [1.54, 1.807) is 19.9 Å². The van der Waals surface area contributed by atoms with Crippen molar-refractivity contribution >= 4 is 16.0 Å². The summed E-state index contributed by atoms with van der Waals surface area (Å²) < 4.78 is 24.0. The molecule has 0 aliphatic heterocycles. The maximum Gasteiger partial charge on any atom is 0.304 e. The SMILES string of the molecule is CC(C)N(CCC(=O)O)S(=O)(=O)CC#N. The lowest BCUT2D eigenvalue weighted by Crippen LogP contribution is -2.39. The maximum atomic E-state index is 11.5. The minimum atomic E-state index is -3.66. The average molecular weight is 234 g/mol. The Bertz CT molecular complexity index is 355. The van der Waals surface area contributed by atoms with Crippen LogP contribution >= 0.6 is 0 Å². The van der Waals surface area contributed by atoms with Crippen LogP contribution in [0.2, 0.25) is 0 Å². The summed E-state index contributed by atoms with van der Waals surface area (Å²) in [5.74, 6) is -1.68. The molecule has 0 fully saturated rings. The molecule has 0 aliphatic rings. The van der Waals surface area contributed by atoms with Gasteiger partial charge in [-0.05, 0) is 13.8 Å². The minimum absolute atomic E-state index is 0.100. The van der Waals surface area contributed by atoms with Crippen LogP contribution in [0.4, 0.5) is 0 Å². The van der Waals surface area contributed by atoms with Gasteiger partial charge in [-0.1, -0.05) is 0 Å². The van der Waals surface area contributed by atoms with Gasteiger partial charge >= 0.3 is 5.97 Å². The molecule has 0 rings (SSSR count). The second kappa shape index (κ2) is 5.68. The first-order valence-corrected chi connectivity index (χ1v) is 6.00. The Morgan fingerprint density at radius 1 is 1.53 bits per heavy atom. The van der Waals surface area contributed by atoms with Crippen LogP contribution in [0.25, 0.3) is 0 Å². The van der Waals surface area contributed by atoms with E-state index in [2.05, 4.69) is 0 Å². The molecule has 0 radical (unpaired) electrons. The quantitative estimate of drug-likeness (QED) is 0.698. The van der Waals surface area contributed by atoms with E-state index in [9.17, 15) is 13.2 Å². The van der Waals surface area contributed by atoms with Crippen molar-refractivity contribution < 1.29 is 18.3 Å². The minimum Gasteiger partial charge on any atom is -0.481 e. The molecule has 0 saturated carbocycles. The monoisotopic (exact) mass is 234 g/mol. The smallest absolute Gasteiger partial charge is 0.304 e. The van der Waals surface area contributed by atoms with Gasteiger partial charge in [-0.2, -0.15) is 9.57 Å². The van der Waals surface area contributed by atoms with Crippen molar-refractivity contribution in [3.63, 3.8) is 0 Å². The number of carboxylic acid groups (broad SMARTS) is 1. The first-order chi connectivity index (χ1) is 6.81. The molecule has 0 saturated heterocycles. The van der Waals surface area contributed by atoms with E-state index in [1.165, 1.54) is 0 Å². The summed E-state index contributed by atoms with van der Waals surface area (Å²) in [6, 6.07) is 1.21. The highest BCUT2D eigenvalue weighted by atomic mass is 32.2. The Labute approximate surface area is 89.2 Å². The van der Waals surface area contributed by atoms with Gasteiger partial charge in [0, 0.05) is 12.6 Å². The van der Waals surface area contributed by atoms with Gasteiger partial charge in [0.2, 0.25) is 10.0 Å². The second-order valence-corrected chi connectivity index (χ2v) is 5.18. The number of nitrogens with zero attached hydrogens (tertiary/aromatic N) is 2. The van der Waals surface area contributed by atoms with Crippen LogP contribution in [0.3, 0.4) is 0 Å². The molecule has 1 N–H and O–H groups in total. The Kier molecular flexibility index (Phi) is 5.25. The maximum absolute atomic E-state index is 11.5. The van der Waals surface area contributed by atoms with Crippen molar-refractivity contribution in [3.05, 3.63) is 0 Å². The van der Waals surface area contributed by atoms with E-state index >= 15 is 0 Å². The molecule has 0 aromatic heterocycles. The third-order valence-electron chi connectivity index (χ3n) is 1.73. The summed E-state index contributed by atoms with van der Waals surface area (Å²) >= 11 is 0. The molecular formula is C8H14N2O4S. The van der Waals surface area contributed by atoms with Crippen LogP contribution in [0.5, 0.6) is 0 Å². The summed E-state index contributed by atoms with van der Waals surface area (Å²) in [5.41, 5.74) is 0. The highest BCUT2D eigenvalue weighted by Gasteiger charge is 2.24. The standard InChI is InChI=1S/C8H14N2O4S/c1-7(2)10(5-3-8(11)12)15(13,14)6-4-9/h7H,3,5-6H2,1-2H3,(H,11,12). The van der Waals surface area contributed by atoms with Crippen molar-refractivity contribution in [2.24, 2.45) is 0 Å². The summed E-state index contributed by atoms with van der Waals surface area (Å²) in [7, 11) is -3.66. The van der Waals surface area contributed by atoms with Gasteiger partial charge < -0.3 is 5.11 Å². The van der Waals surface area contributed by atoms with Gasteiger partial charge in [0.15, 0.2) is 5.75 Å². The van der Waals surface area contributed by atoms with Crippen LogP contribution in [-0.4, -0.2) is 42.1 Å². The number of rotatable bonds is 6. The van der Waals surface area contributed by atoms with E-state index in [1.807, 2.05) is 0 Å².